The summed E-state index contributed by atoms with van der Waals surface area (Å²) in [6.45, 7) is 1.57. The maximum Gasteiger partial charge on any atom is 0.333 e. The topological polar surface area (TPSA) is 136 Å². The Kier molecular flexibility index (Phi) is 7.89. The lowest BCUT2D eigenvalue weighted by Crippen LogP contribution is -2.57. The molecule has 3 aromatic carbocycles. The number of nitrogens with zero attached hydrogens (tertiary/aromatic N) is 1. The molecule has 0 saturated carbocycles. The van der Waals surface area contributed by atoms with Crippen LogP contribution in [0.5, 0.6) is 0 Å². The van der Waals surface area contributed by atoms with E-state index >= 15 is 4.79 Å². The molecule has 3 aromatic rings. The lowest BCUT2D eigenvalue weighted by atomic mass is 9.61. The number of Topliss-reactive ketones (excluding diaryl/α,β-unsaturated/α-hetero) is 1. The van der Waals surface area contributed by atoms with E-state index in [0.717, 1.165) is 0 Å². The summed E-state index contributed by atoms with van der Waals surface area (Å²) >= 11 is 0. The Morgan fingerprint density at radius 3 is 2.00 bits per heavy atom. The summed E-state index contributed by atoms with van der Waals surface area (Å²) in [5.74, 6) is -9.39. The summed E-state index contributed by atoms with van der Waals surface area (Å²) in [7, 11) is 2.43. The highest BCUT2D eigenvalue weighted by Crippen LogP contribution is 2.62. The summed E-state index contributed by atoms with van der Waals surface area (Å²) in [6, 6.07) is 26.0. The molecule has 1 heterocycles. The van der Waals surface area contributed by atoms with E-state index in [2.05, 4.69) is 5.32 Å². The van der Waals surface area contributed by atoms with Gasteiger partial charge >= 0.3 is 11.9 Å². The molecule has 1 saturated heterocycles. The zero-order chi connectivity index (χ0) is 34.6. The number of ether oxygens (including phenoxy) is 2. The zero-order valence-electron chi connectivity index (χ0n) is 27.1. The maximum atomic E-state index is 15.2. The van der Waals surface area contributed by atoms with E-state index in [0.29, 0.717) is 22.4 Å². The summed E-state index contributed by atoms with van der Waals surface area (Å²) in [6.07, 6.45) is 1.37. The second-order valence-corrected chi connectivity index (χ2v) is 13.0. The quantitative estimate of drug-likeness (QED) is 0.308. The van der Waals surface area contributed by atoms with E-state index in [4.69, 9.17) is 9.47 Å². The van der Waals surface area contributed by atoms with Gasteiger partial charge in [-0.05, 0) is 49.1 Å². The number of carbonyl (C=O) groups is 6. The monoisotopic (exact) mass is 658 g/mol. The number of hydrogen-bond acceptors (Lipinski definition) is 8. The molecule has 0 bridgehead atoms. The second kappa shape index (κ2) is 12.1. The van der Waals surface area contributed by atoms with Crippen LogP contribution in [0.15, 0.2) is 114 Å². The van der Waals surface area contributed by atoms with Gasteiger partial charge in [-0.25, -0.2) is 4.79 Å². The van der Waals surface area contributed by atoms with Crippen molar-refractivity contribution in [3.63, 3.8) is 0 Å². The number of amides is 3. The van der Waals surface area contributed by atoms with E-state index in [1.54, 1.807) is 79.7 Å². The van der Waals surface area contributed by atoms with Crippen molar-refractivity contribution < 1.29 is 38.2 Å². The van der Waals surface area contributed by atoms with E-state index in [1.165, 1.54) is 25.2 Å². The smallest absolute Gasteiger partial charge is 0.333 e. The normalized spacial score (nSPS) is 28.7. The molecule has 7 rings (SSSR count). The molecule has 0 radical (unpaired) electrons. The third kappa shape index (κ3) is 4.84. The molecule has 10 nitrogen and oxygen atoms in total. The number of rotatable bonds is 6. The van der Waals surface area contributed by atoms with Gasteiger partial charge in [-0.15, -0.1) is 0 Å². The van der Waals surface area contributed by atoms with E-state index in [9.17, 15) is 24.0 Å². The van der Waals surface area contributed by atoms with Crippen LogP contribution in [0.1, 0.15) is 35.2 Å². The van der Waals surface area contributed by atoms with Crippen LogP contribution in [0.4, 0.5) is 5.69 Å². The van der Waals surface area contributed by atoms with Crippen molar-refractivity contribution in [3.8, 4) is 0 Å². The molecule has 1 N–H and O–H groups in total. The Balaban J connectivity index is 1.50. The largest absolute Gasteiger partial charge is 0.469 e. The molecule has 7 atom stereocenters. The highest BCUT2D eigenvalue weighted by Gasteiger charge is 2.68. The molecule has 0 spiro atoms. The number of imide groups is 1. The number of ketones is 1. The van der Waals surface area contributed by atoms with Crippen LogP contribution in [-0.4, -0.2) is 55.2 Å². The summed E-state index contributed by atoms with van der Waals surface area (Å²) in [4.78, 5) is 86.5. The van der Waals surface area contributed by atoms with Gasteiger partial charge in [0, 0.05) is 28.5 Å². The molecular weight excluding hydrogens is 624 g/mol. The first kappa shape index (κ1) is 31.9. The molecule has 0 aromatic heterocycles. The van der Waals surface area contributed by atoms with Gasteiger partial charge in [0.1, 0.15) is 5.54 Å². The number of nitrogens with one attached hydrogen (secondary N) is 1. The van der Waals surface area contributed by atoms with Crippen molar-refractivity contribution in [2.45, 2.75) is 24.8 Å². The van der Waals surface area contributed by atoms with E-state index < -0.39 is 76.5 Å². The molecule has 3 aliphatic carbocycles. The minimum atomic E-state index is -1.73. The van der Waals surface area contributed by atoms with Gasteiger partial charge in [0.25, 0.3) is 5.91 Å². The highest BCUT2D eigenvalue weighted by atomic mass is 16.5. The molecule has 3 amide bonds. The third-order valence-corrected chi connectivity index (χ3v) is 10.6. The highest BCUT2D eigenvalue weighted by molar-refractivity contribution is 6.24. The number of carbonyl (C=O) groups excluding carboxylic acids is 6. The fourth-order valence-corrected chi connectivity index (χ4v) is 8.57. The first-order chi connectivity index (χ1) is 23.6. The van der Waals surface area contributed by atoms with Crippen LogP contribution < -0.4 is 10.2 Å². The first-order valence-corrected chi connectivity index (χ1v) is 16.1. The minimum absolute atomic E-state index is 0.0736. The van der Waals surface area contributed by atoms with Crippen LogP contribution in [0.25, 0.3) is 0 Å². The van der Waals surface area contributed by atoms with Crippen molar-refractivity contribution in [2.24, 2.45) is 29.6 Å². The molecule has 10 heteroatoms. The molecule has 49 heavy (non-hydrogen) atoms. The number of benzene rings is 3. The van der Waals surface area contributed by atoms with Gasteiger partial charge in [0.05, 0.1) is 37.7 Å². The van der Waals surface area contributed by atoms with Crippen LogP contribution in [-0.2, 0) is 33.4 Å². The maximum absolute atomic E-state index is 15.2. The number of fused-ring (bicyclic) bond motifs is 2. The Morgan fingerprint density at radius 2 is 1.39 bits per heavy atom. The number of methoxy groups -OCH3 is 2. The van der Waals surface area contributed by atoms with Gasteiger partial charge in [0.2, 0.25) is 11.8 Å². The van der Waals surface area contributed by atoms with Gasteiger partial charge in [-0.2, -0.15) is 0 Å². The van der Waals surface area contributed by atoms with Crippen molar-refractivity contribution in [1.29, 1.82) is 0 Å². The van der Waals surface area contributed by atoms with Crippen molar-refractivity contribution in [2.75, 3.05) is 19.1 Å². The van der Waals surface area contributed by atoms with Gasteiger partial charge < -0.3 is 14.8 Å². The zero-order valence-corrected chi connectivity index (χ0v) is 27.1. The Morgan fingerprint density at radius 1 is 0.796 bits per heavy atom. The van der Waals surface area contributed by atoms with Crippen molar-refractivity contribution in [1.82, 2.24) is 5.32 Å². The summed E-state index contributed by atoms with van der Waals surface area (Å²) < 4.78 is 10.4. The van der Waals surface area contributed by atoms with Gasteiger partial charge in [-0.1, -0.05) is 78.4 Å². The Hall–Kier alpha value is -5.64. The SMILES string of the molecule is COC(=O)C1=C[C@@H](C(=O)OC)[C@@H]2C3=C(C(=O)[C@@]2(C)NC(=O)c2ccccc2)[C@H](c2ccccc2)[C@@H]2C(=O)N(c4ccccc4)C(=O)[C@@H]2[C@@H]3C1. The van der Waals surface area contributed by atoms with Crippen molar-refractivity contribution >= 4 is 41.1 Å². The van der Waals surface area contributed by atoms with Crippen LogP contribution in [0.2, 0.25) is 0 Å². The number of esters is 2. The third-order valence-electron chi connectivity index (χ3n) is 10.6. The lowest BCUT2D eigenvalue weighted by Gasteiger charge is -2.40. The predicted molar refractivity (Wildman–Crippen MR) is 177 cm³/mol. The Labute approximate surface area is 282 Å². The molecule has 0 unspecified atom stereocenters. The molecule has 4 aliphatic rings. The van der Waals surface area contributed by atoms with Crippen LogP contribution >= 0.6 is 0 Å². The molecular formula is C39H34N2O8. The number of para-hydroxylation sites is 1. The predicted octanol–water partition coefficient (Wildman–Crippen LogP) is 4.18. The second-order valence-electron chi connectivity index (χ2n) is 13.0. The van der Waals surface area contributed by atoms with E-state index in [-0.39, 0.29) is 17.6 Å². The van der Waals surface area contributed by atoms with Crippen LogP contribution in [0, 0.1) is 29.6 Å². The Bertz CT molecular complexity index is 1950. The molecule has 1 aliphatic heterocycles. The van der Waals surface area contributed by atoms with Gasteiger partial charge in [-0.3, -0.25) is 28.9 Å². The summed E-state index contributed by atoms with van der Waals surface area (Å²) in [5.41, 5.74) is 0.455. The fourth-order valence-electron chi connectivity index (χ4n) is 8.57. The van der Waals surface area contributed by atoms with Gasteiger partial charge in [0.15, 0.2) is 5.78 Å². The first-order valence-electron chi connectivity index (χ1n) is 16.1. The number of anilines is 1. The van der Waals surface area contributed by atoms with E-state index in [1.807, 2.05) is 18.2 Å². The van der Waals surface area contributed by atoms with Crippen LogP contribution in [0.3, 0.4) is 0 Å². The van der Waals surface area contributed by atoms with Crippen molar-refractivity contribution in [3.05, 3.63) is 125 Å². The fraction of sp³-hybridized carbons (Fsp3) is 0.282. The average Bonchev–Trinajstić information content (AvgIpc) is 3.41. The standard InChI is InChI=1S/C39H34N2O8/c1-39(40-34(43)22-15-9-5-10-16-22)32-26(38(47)49-3)20-23(37(46)48-2)19-25-28(32)30(33(39)42)27(21-13-7-4-8-14-21)31-29(25)35(44)41(36(31)45)24-17-11-6-12-18-24/h4-18,20,25-27,29,31-32H,19H2,1-3H3,(H,40,43)/t25-,26-,27+,29-,31+,32-,39+/m1/s1. The lowest BCUT2D eigenvalue weighted by molar-refractivity contribution is -0.146. The molecule has 248 valence electrons. The number of hydrogen-bond donors (Lipinski definition) is 1. The minimum Gasteiger partial charge on any atom is -0.469 e. The average molecular weight is 659 g/mol. The molecule has 1 fully saturated rings. The summed E-state index contributed by atoms with van der Waals surface area (Å²) in [5, 5.41) is 2.96.